The van der Waals surface area contributed by atoms with Crippen LogP contribution in [-0.2, 0) is 4.79 Å². The Morgan fingerprint density at radius 3 is 2.55 bits per heavy atom. The largest absolute Gasteiger partial charge is 0.504 e. The number of rotatable bonds is 9. The van der Waals surface area contributed by atoms with Crippen LogP contribution in [0.25, 0.3) is 0 Å². The summed E-state index contributed by atoms with van der Waals surface area (Å²) in [5, 5.41) is 17.3. The molecule has 2 rings (SSSR count). The van der Waals surface area contributed by atoms with E-state index >= 15 is 0 Å². The van der Waals surface area contributed by atoms with Crippen molar-refractivity contribution >= 4 is 52.2 Å². The van der Waals surface area contributed by atoms with Gasteiger partial charge in [0.25, 0.3) is 11.8 Å². The first-order valence-corrected chi connectivity index (χ1v) is 11.2. The number of amides is 2. The highest BCUT2D eigenvalue weighted by atomic mass is 127. The van der Waals surface area contributed by atoms with Gasteiger partial charge < -0.3 is 15.2 Å². The topological polar surface area (TPSA) is 100 Å². The number of carbonyl (C=O) groups is 2. The SMILES string of the molecule is CCOc1cc(/C=N/NC(=O)C(CC(C)C)NC(=O)c2ccc(Cl)cc2)cc(I)c1O. The molecule has 0 saturated heterocycles. The number of carbonyl (C=O) groups excluding carboxylic acids is 2. The lowest BCUT2D eigenvalue weighted by Gasteiger charge is -2.19. The van der Waals surface area contributed by atoms with Gasteiger partial charge in [-0.25, -0.2) is 5.43 Å². The van der Waals surface area contributed by atoms with Gasteiger partial charge in [0.1, 0.15) is 6.04 Å². The smallest absolute Gasteiger partial charge is 0.262 e. The van der Waals surface area contributed by atoms with Gasteiger partial charge in [-0.3, -0.25) is 9.59 Å². The van der Waals surface area contributed by atoms with Crippen LogP contribution in [0.4, 0.5) is 0 Å². The van der Waals surface area contributed by atoms with E-state index in [1.807, 2.05) is 43.4 Å². The zero-order chi connectivity index (χ0) is 23.0. The minimum atomic E-state index is -0.751. The van der Waals surface area contributed by atoms with E-state index in [1.54, 1.807) is 36.4 Å². The molecule has 0 heterocycles. The minimum Gasteiger partial charge on any atom is -0.504 e. The van der Waals surface area contributed by atoms with Crippen molar-refractivity contribution in [2.75, 3.05) is 6.61 Å². The predicted molar refractivity (Wildman–Crippen MR) is 130 cm³/mol. The first kappa shape index (κ1) is 24.9. The summed E-state index contributed by atoms with van der Waals surface area (Å²) in [5.74, 6) is -0.208. The summed E-state index contributed by atoms with van der Waals surface area (Å²) in [6.07, 6.45) is 1.90. The van der Waals surface area contributed by atoms with E-state index in [1.165, 1.54) is 6.21 Å². The molecule has 2 aromatic rings. The quantitative estimate of drug-likeness (QED) is 0.243. The fourth-order valence-corrected chi connectivity index (χ4v) is 3.48. The molecule has 0 aliphatic rings. The van der Waals surface area contributed by atoms with Gasteiger partial charge in [0.15, 0.2) is 11.5 Å². The van der Waals surface area contributed by atoms with Crippen LogP contribution in [0.5, 0.6) is 11.5 Å². The number of hydrogen-bond donors (Lipinski definition) is 3. The second-order valence-corrected chi connectivity index (χ2v) is 8.78. The fraction of sp³-hybridized carbons (Fsp3) is 0.318. The predicted octanol–water partition coefficient (Wildman–Crippen LogP) is 4.34. The van der Waals surface area contributed by atoms with Crippen LogP contribution in [0, 0.1) is 9.49 Å². The number of halogens is 2. The third kappa shape index (κ3) is 7.70. The molecule has 7 nitrogen and oxygen atoms in total. The molecule has 0 aliphatic heterocycles. The Bertz CT molecular complexity index is 949. The number of benzene rings is 2. The van der Waals surface area contributed by atoms with Crippen LogP contribution >= 0.6 is 34.2 Å². The summed E-state index contributed by atoms with van der Waals surface area (Å²) in [4.78, 5) is 25.2. The molecule has 0 fully saturated rings. The van der Waals surface area contributed by atoms with Crippen molar-refractivity contribution in [3.05, 3.63) is 56.1 Å². The number of nitrogens with one attached hydrogen (secondary N) is 2. The summed E-state index contributed by atoms with van der Waals surface area (Å²) in [6, 6.07) is 9.03. The Labute approximate surface area is 200 Å². The second-order valence-electron chi connectivity index (χ2n) is 7.18. The van der Waals surface area contributed by atoms with Gasteiger partial charge in [-0.2, -0.15) is 5.10 Å². The van der Waals surface area contributed by atoms with Crippen molar-refractivity contribution < 1.29 is 19.4 Å². The number of nitrogens with zero attached hydrogens (tertiary/aromatic N) is 1. The first-order valence-electron chi connectivity index (χ1n) is 9.75. The van der Waals surface area contributed by atoms with Gasteiger partial charge in [0.2, 0.25) is 0 Å². The van der Waals surface area contributed by atoms with Crippen LogP contribution in [0.2, 0.25) is 5.02 Å². The minimum absolute atomic E-state index is 0.0607. The Balaban J connectivity index is 2.08. The summed E-state index contributed by atoms with van der Waals surface area (Å²) >= 11 is 7.85. The van der Waals surface area contributed by atoms with Crippen molar-refractivity contribution in [1.82, 2.24) is 10.7 Å². The van der Waals surface area contributed by atoms with Gasteiger partial charge in [-0.05, 0) is 83.8 Å². The van der Waals surface area contributed by atoms with Crippen LogP contribution in [0.1, 0.15) is 43.1 Å². The average molecular weight is 558 g/mol. The van der Waals surface area contributed by atoms with Crippen LogP contribution in [0.15, 0.2) is 41.5 Å². The highest BCUT2D eigenvalue weighted by molar-refractivity contribution is 14.1. The molecule has 0 spiro atoms. The maximum atomic E-state index is 12.7. The molecule has 9 heteroatoms. The van der Waals surface area contributed by atoms with Crippen LogP contribution in [-0.4, -0.2) is 35.8 Å². The lowest BCUT2D eigenvalue weighted by molar-refractivity contribution is -0.123. The molecule has 31 heavy (non-hydrogen) atoms. The highest BCUT2D eigenvalue weighted by Crippen LogP contribution is 2.32. The molecule has 0 aromatic heterocycles. The monoisotopic (exact) mass is 557 g/mol. The lowest BCUT2D eigenvalue weighted by atomic mass is 10.0. The fourth-order valence-electron chi connectivity index (χ4n) is 2.73. The van der Waals surface area contributed by atoms with E-state index in [-0.39, 0.29) is 17.6 Å². The maximum Gasteiger partial charge on any atom is 0.262 e. The molecule has 3 N–H and O–H groups in total. The Morgan fingerprint density at radius 2 is 1.94 bits per heavy atom. The van der Waals surface area contributed by atoms with Crippen molar-refractivity contribution in [3.63, 3.8) is 0 Å². The number of phenols is 1. The standard InChI is InChI=1S/C22H25ClIN3O4/c1-4-31-19-11-14(10-17(24)20(19)28)12-25-27-22(30)18(9-13(2)3)26-21(29)15-5-7-16(23)8-6-15/h5-8,10-13,18,28H,4,9H2,1-3H3,(H,26,29)(H,27,30)/b25-12+. The van der Waals surface area contributed by atoms with Gasteiger partial charge >= 0.3 is 0 Å². The Hall–Kier alpha value is -2.33. The Kier molecular flexibility index (Phi) is 9.57. The highest BCUT2D eigenvalue weighted by Gasteiger charge is 2.22. The summed E-state index contributed by atoms with van der Waals surface area (Å²) in [5.41, 5.74) is 3.54. The molecule has 0 radical (unpaired) electrons. The first-order chi connectivity index (χ1) is 14.7. The molecule has 0 aliphatic carbocycles. The Morgan fingerprint density at radius 1 is 1.26 bits per heavy atom. The second kappa shape index (κ2) is 11.9. The van der Waals surface area contributed by atoms with Gasteiger partial charge in [0.05, 0.1) is 16.4 Å². The molecular formula is C22H25ClIN3O4. The van der Waals surface area contributed by atoms with E-state index in [0.717, 1.165) is 0 Å². The number of phenolic OH excluding ortho intramolecular Hbond substituents is 1. The van der Waals surface area contributed by atoms with E-state index in [2.05, 4.69) is 15.8 Å². The normalized spacial score (nSPS) is 12.1. The van der Waals surface area contributed by atoms with Crippen molar-refractivity contribution in [2.24, 2.45) is 11.0 Å². The molecule has 0 saturated carbocycles. The molecule has 2 amide bonds. The lowest BCUT2D eigenvalue weighted by Crippen LogP contribution is -2.46. The number of ether oxygens (including phenoxy) is 1. The molecule has 1 atom stereocenters. The zero-order valence-electron chi connectivity index (χ0n) is 17.5. The number of aromatic hydroxyl groups is 1. The molecule has 1 unspecified atom stereocenters. The van der Waals surface area contributed by atoms with Gasteiger partial charge in [0, 0.05) is 10.6 Å². The van der Waals surface area contributed by atoms with Crippen LogP contribution in [0.3, 0.4) is 0 Å². The molecule has 2 aromatic carbocycles. The number of hydrogen-bond acceptors (Lipinski definition) is 5. The molecular weight excluding hydrogens is 533 g/mol. The van der Waals surface area contributed by atoms with Crippen molar-refractivity contribution in [3.8, 4) is 11.5 Å². The van der Waals surface area contributed by atoms with Gasteiger partial charge in [-0.1, -0.05) is 25.4 Å². The van der Waals surface area contributed by atoms with E-state index in [9.17, 15) is 14.7 Å². The van der Waals surface area contributed by atoms with E-state index in [4.69, 9.17) is 16.3 Å². The third-order valence-corrected chi connectivity index (χ3v) is 5.25. The molecule has 0 bridgehead atoms. The van der Waals surface area contributed by atoms with Crippen molar-refractivity contribution in [2.45, 2.75) is 33.2 Å². The number of hydrazone groups is 1. The van der Waals surface area contributed by atoms with Crippen molar-refractivity contribution in [1.29, 1.82) is 0 Å². The van der Waals surface area contributed by atoms with Crippen LogP contribution < -0.4 is 15.5 Å². The third-order valence-electron chi connectivity index (χ3n) is 4.17. The summed E-state index contributed by atoms with van der Waals surface area (Å²) in [7, 11) is 0. The molecule has 166 valence electrons. The maximum absolute atomic E-state index is 12.7. The van der Waals surface area contributed by atoms with Gasteiger partial charge in [-0.15, -0.1) is 0 Å². The van der Waals surface area contributed by atoms with E-state index in [0.29, 0.717) is 38.5 Å². The summed E-state index contributed by atoms with van der Waals surface area (Å²) < 4.78 is 6.00. The summed E-state index contributed by atoms with van der Waals surface area (Å²) in [6.45, 7) is 6.16. The van der Waals surface area contributed by atoms with E-state index < -0.39 is 11.9 Å². The average Bonchev–Trinajstić information content (AvgIpc) is 2.71. The zero-order valence-corrected chi connectivity index (χ0v) is 20.4.